The van der Waals surface area contributed by atoms with Crippen molar-refractivity contribution >= 4 is 0 Å². The van der Waals surface area contributed by atoms with E-state index in [0.29, 0.717) is 18.1 Å². The van der Waals surface area contributed by atoms with Gasteiger partial charge in [-0.1, -0.05) is 20.3 Å². The fourth-order valence-corrected chi connectivity index (χ4v) is 2.87. The molecular formula is C15H29N5. The first-order valence-electron chi connectivity index (χ1n) is 7.93. The summed E-state index contributed by atoms with van der Waals surface area (Å²) in [6.45, 7) is 11.9. The average molecular weight is 279 g/mol. The van der Waals surface area contributed by atoms with Crippen molar-refractivity contribution in [2.45, 2.75) is 71.6 Å². The van der Waals surface area contributed by atoms with Crippen molar-refractivity contribution in [3.8, 4) is 0 Å². The number of piperidine rings is 1. The lowest BCUT2D eigenvalue weighted by molar-refractivity contribution is 0.129. The molecule has 5 heteroatoms. The molecule has 1 N–H and O–H groups in total. The standard InChI is InChI=1S/C15H29N5/c1-12(2)16-9-14-7-5-6-8-19(14)10-15-17-11-18-20(15)13(3)4/h11-14,16H,5-10H2,1-4H3. The highest BCUT2D eigenvalue weighted by Crippen LogP contribution is 2.19. The molecular weight excluding hydrogens is 250 g/mol. The summed E-state index contributed by atoms with van der Waals surface area (Å²) in [5.41, 5.74) is 0. The summed E-state index contributed by atoms with van der Waals surface area (Å²) in [4.78, 5) is 7.02. The van der Waals surface area contributed by atoms with Gasteiger partial charge in [-0.15, -0.1) is 0 Å². The topological polar surface area (TPSA) is 46.0 Å². The van der Waals surface area contributed by atoms with Gasteiger partial charge in [0.2, 0.25) is 0 Å². The Bertz CT molecular complexity index is 399. The Morgan fingerprint density at radius 3 is 2.80 bits per heavy atom. The number of nitrogens with zero attached hydrogens (tertiary/aromatic N) is 4. The van der Waals surface area contributed by atoms with Crippen molar-refractivity contribution in [1.29, 1.82) is 0 Å². The van der Waals surface area contributed by atoms with Gasteiger partial charge in [-0.3, -0.25) is 4.90 Å². The molecule has 1 aromatic heterocycles. The molecule has 1 fully saturated rings. The molecule has 1 atom stereocenters. The predicted octanol–water partition coefficient (Wildman–Crippen LogP) is 2.21. The van der Waals surface area contributed by atoms with Gasteiger partial charge in [-0.25, -0.2) is 9.67 Å². The lowest BCUT2D eigenvalue weighted by Crippen LogP contribution is -2.46. The van der Waals surface area contributed by atoms with Crippen LogP contribution in [0.4, 0.5) is 0 Å². The summed E-state index contributed by atoms with van der Waals surface area (Å²) >= 11 is 0. The van der Waals surface area contributed by atoms with Crippen LogP contribution in [0.1, 0.15) is 58.8 Å². The van der Waals surface area contributed by atoms with Crippen LogP contribution in [0.15, 0.2) is 6.33 Å². The van der Waals surface area contributed by atoms with E-state index in [9.17, 15) is 0 Å². The van der Waals surface area contributed by atoms with E-state index in [1.54, 1.807) is 6.33 Å². The number of hydrogen-bond acceptors (Lipinski definition) is 4. The van der Waals surface area contributed by atoms with Gasteiger partial charge in [0.05, 0.1) is 6.54 Å². The highest BCUT2D eigenvalue weighted by molar-refractivity contribution is 4.90. The average Bonchev–Trinajstić information content (AvgIpc) is 2.86. The van der Waals surface area contributed by atoms with E-state index in [-0.39, 0.29) is 0 Å². The lowest BCUT2D eigenvalue weighted by atomic mass is 10.0. The Labute approximate surface area is 122 Å². The third-order valence-corrected chi connectivity index (χ3v) is 3.99. The van der Waals surface area contributed by atoms with Crippen molar-refractivity contribution in [1.82, 2.24) is 25.0 Å². The summed E-state index contributed by atoms with van der Waals surface area (Å²) in [5.74, 6) is 1.09. The molecule has 114 valence electrons. The molecule has 0 aromatic carbocycles. The van der Waals surface area contributed by atoms with Gasteiger partial charge in [0.15, 0.2) is 0 Å². The molecule has 5 nitrogen and oxygen atoms in total. The van der Waals surface area contributed by atoms with Crippen molar-refractivity contribution in [3.05, 3.63) is 12.2 Å². The molecule has 0 aliphatic carbocycles. The van der Waals surface area contributed by atoms with Gasteiger partial charge in [0.25, 0.3) is 0 Å². The van der Waals surface area contributed by atoms with E-state index in [2.05, 4.69) is 48.0 Å². The first kappa shape index (κ1) is 15.4. The molecule has 1 aromatic rings. The fourth-order valence-electron chi connectivity index (χ4n) is 2.87. The number of nitrogens with one attached hydrogen (secondary N) is 1. The Hall–Kier alpha value is -0.940. The third kappa shape index (κ3) is 4.03. The van der Waals surface area contributed by atoms with Crippen LogP contribution in [0.2, 0.25) is 0 Å². The summed E-state index contributed by atoms with van der Waals surface area (Å²) < 4.78 is 2.04. The SMILES string of the molecule is CC(C)NCC1CCCCN1Cc1ncnn1C(C)C. The van der Waals surface area contributed by atoms with Crippen LogP contribution >= 0.6 is 0 Å². The van der Waals surface area contributed by atoms with Crippen LogP contribution < -0.4 is 5.32 Å². The molecule has 20 heavy (non-hydrogen) atoms. The van der Waals surface area contributed by atoms with Crippen LogP contribution in [0, 0.1) is 0 Å². The molecule has 1 aliphatic rings. The number of rotatable bonds is 6. The molecule has 2 rings (SSSR count). The first-order valence-corrected chi connectivity index (χ1v) is 7.93. The second-order valence-corrected chi connectivity index (χ2v) is 6.40. The largest absolute Gasteiger partial charge is 0.313 e. The van der Waals surface area contributed by atoms with Gasteiger partial charge < -0.3 is 5.32 Å². The zero-order valence-electron chi connectivity index (χ0n) is 13.3. The lowest BCUT2D eigenvalue weighted by Gasteiger charge is -2.36. The third-order valence-electron chi connectivity index (χ3n) is 3.99. The summed E-state index contributed by atoms with van der Waals surface area (Å²) in [6, 6.07) is 1.56. The second-order valence-electron chi connectivity index (χ2n) is 6.40. The van der Waals surface area contributed by atoms with Gasteiger partial charge in [-0.2, -0.15) is 5.10 Å². The van der Waals surface area contributed by atoms with E-state index >= 15 is 0 Å². The van der Waals surface area contributed by atoms with Gasteiger partial charge in [-0.05, 0) is 33.2 Å². The molecule has 0 amide bonds. The number of likely N-dealkylation sites (tertiary alicyclic amines) is 1. The van der Waals surface area contributed by atoms with Crippen LogP contribution in [0.25, 0.3) is 0 Å². The maximum absolute atomic E-state index is 4.45. The Morgan fingerprint density at radius 2 is 2.10 bits per heavy atom. The van der Waals surface area contributed by atoms with E-state index in [0.717, 1.165) is 18.9 Å². The molecule has 0 bridgehead atoms. The number of hydrogen-bond donors (Lipinski definition) is 1. The fraction of sp³-hybridized carbons (Fsp3) is 0.867. The van der Waals surface area contributed by atoms with Gasteiger partial charge in [0.1, 0.15) is 12.2 Å². The Kier molecular flexibility index (Phi) is 5.54. The van der Waals surface area contributed by atoms with Crippen LogP contribution in [-0.2, 0) is 6.54 Å². The highest BCUT2D eigenvalue weighted by Gasteiger charge is 2.24. The molecule has 0 spiro atoms. The van der Waals surface area contributed by atoms with Gasteiger partial charge >= 0.3 is 0 Å². The minimum atomic E-state index is 0.379. The van der Waals surface area contributed by atoms with Crippen molar-refractivity contribution in [2.24, 2.45) is 0 Å². The van der Waals surface area contributed by atoms with E-state index in [1.165, 1.54) is 25.8 Å². The highest BCUT2D eigenvalue weighted by atomic mass is 15.4. The van der Waals surface area contributed by atoms with Crippen LogP contribution in [-0.4, -0.2) is 44.8 Å². The van der Waals surface area contributed by atoms with E-state index < -0.39 is 0 Å². The molecule has 2 heterocycles. The maximum Gasteiger partial charge on any atom is 0.141 e. The number of aromatic nitrogens is 3. The molecule has 0 radical (unpaired) electrons. The normalized spacial score (nSPS) is 21.0. The van der Waals surface area contributed by atoms with E-state index in [1.807, 2.05) is 4.68 Å². The zero-order chi connectivity index (χ0) is 14.5. The Morgan fingerprint density at radius 1 is 1.30 bits per heavy atom. The van der Waals surface area contributed by atoms with Gasteiger partial charge in [0, 0.05) is 24.7 Å². The smallest absolute Gasteiger partial charge is 0.141 e. The summed E-state index contributed by atoms with van der Waals surface area (Å²) in [7, 11) is 0. The minimum absolute atomic E-state index is 0.379. The summed E-state index contributed by atoms with van der Waals surface area (Å²) in [5, 5.41) is 7.92. The van der Waals surface area contributed by atoms with Crippen molar-refractivity contribution in [2.75, 3.05) is 13.1 Å². The summed E-state index contributed by atoms with van der Waals surface area (Å²) in [6.07, 6.45) is 5.61. The molecule has 1 saturated heterocycles. The zero-order valence-corrected chi connectivity index (χ0v) is 13.3. The first-order chi connectivity index (χ1) is 9.58. The molecule has 0 saturated carbocycles. The molecule has 1 aliphatic heterocycles. The maximum atomic E-state index is 4.45. The Balaban J connectivity index is 1.99. The quantitative estimate of drug-likeness (QED) is 0.867. The van der Waals surface area contributed by atoms with Crippen molar-refractivity contribution < 1.29 is 0 Å². The van der Waals surface area contributed by atoms with Crippen LogP contribution in [0.3, 0.4) is 0 Å². The van der Waals surface area contributed by atoms with Crippen LogP contribution in [0.5, 0.6) is 0 Å². The minimum Gasteiger partial charge on any atom is -0.313 e. The monoisotopic (exact) mass is 279 g/mol. The molecule has 1 unspecified atom stereocenters. The second kappa shape index (κ2) is 7.18. The predicted molar refractivity (Wildman–Crippen MR) is 81.6 cm³/mol. The van der Waals surface area contributed by atoms with E-state index in [4.69, 9.17) is 0 Å². The van der Waals surface area contributed by atoms with Crippen molar-refractivity contribution in [3.63, 3.8) is 0 Å².